The minimum Gasteiger partial charge on any atom is -0.358 e. The summed E-state index contributed by atoms with van der Waals surface area (Å²) in [6.45, 7) is 11.9. The number of allylic oxidation sites excluding steroid dienone is 6. The maximum absolute atomic E-state index is 11.8. The summed E-state index contributed by atoms with van der Waals surface area (Å²) < 4.78 is 68.0. The molecule has 9 nitrogen and oxygen atoms in total. The van der Waals surface area contributed by atoms with E-state index in [-0.39, 0.29) is 9.79 Å². The van der Waals surface area contributed by atoms with Crippen LogP contribution in [0.25, 0.3) is 0 Å². The lowest BCUT2D eigenvalue weighted by molar-refractivity contribution is -0.450. The summed E-state index contributed by atoms with van der Waals surface area (Å²) in [6.07, 6.45) is 10.3. The summed E-state index contributed by atoms with van der Waals surface area (Å²) in [7, 11) is -8.71. The Kier molecular flexibility index (Phi) is 7.58. The maximum Gasteiger partial charge on any atom is 0.294 e. The molecule has 41 heavy (non-hydrogen) atoms. The van der Waals surface area contributed by atoms with E-state index in [0.717, 1.165) is 40.2 Å². The molecule has 2 aliphatic heterocycles. The molecule has 0 aliphatic carbocycles. The summed E-state index contributed by atoms with van der Waals surface area (Å²) in [5.41, 5.74) is 2.87. The average molecular weight is 600 g/mol. The Hall–Kier alpha value is -3.38. The van der Waals surface area contributed by atoms with Crippen molar-refractivity contribution >= 4 is 43.6 Å². The molecule has 2 aromatic rings. The third kappa shape index (κ3) is 5.85. The Morgan fingerprint density at radius 2 is 1.44 bits per heavy atom. The van der Waals surface area contributed by atoms with E-state index in [2.05, 4.69) is 5.32 Å². The van der Waals surface area contributed by atoms with Crippen molar-refractivity contribution in [2.75, 3.05) is 11.9 Å². The Morgan fingerprint density at radius 3 is 2.02 bits per heavy atom. The van der Waals surface area contributed by atoms with Gasteiger partial charge < -0.3 is 10.1 Å². The van der Waals surface area contributed by atoms with Crippen LogP contribution in [0, 0.1) is 5.41 Å². The van der Waals surface area contributed by atoms with E-state index >= 15 is 0 Å². The number of nitrogens with zero attached hydrogens (tertiary/aromatic N) is 1. The number of carbonyl (C=O) groups excluding carboxylic acids is 1. The number of hydrogen-bond donors (Lipinski definition) is 3. The van der Waals surface area contributed by atoms with E-state index in [4.69, 9.17) is 0 Å². The van der Waals surface area contributed by atoms with Gasteiger partial charge in [-0.05, 0) is 69.7 Å². The van der Waals surface area contributed by atoms with Crippen molar-refractivity contribution in [2.45, 2.75) is 62.2 Å². The van der Waals surface area contributed by atoms with Crippen LogP contribution in [0.2, 0.25) is 0 Å². The molecule has 0 fully saturated rings. The van der Waals surface area contributed by atoms with Crippen molar-refractivity contribution in [1.82, 2.24) is 0 Å². The molecular formula is C30H35N2O7S2+. The van der Waals surface area contributed by atoms with Gasteiger partial charge in [0.2, 0.25) is 5.69 Å². The Morgan fingerprint density at radius 1 is 0.854 bits per heavy atom. The lowest BCUT2D eigenvalue weighted by atomic mass is 9.81. The van der Waals surface area contributed by atoms with Crippen molar-refractivity contribution in [1.29, 1.82) is 0 Å². The predicted octanol–water partition coefficient (Wildman–Crippen LogP) is 5.18. The molecule has 0 aromatic heterocycles. The SMILES string of the molecule is CC(C)(C=O)C[N+]1=C(/C=C/C=C/C=C2\Nc3ccc(S(=O)(=O)O)cc3C2(C)C)C(C)(C)c2cc(S(=O)(=O)O)ccc21. The van der Waals surface area contributed by atoms with Gasteiger partial charge in [-0.15, -0.1) is 0 Å². The van der Waals surface area contributed by atoms with Crippen LogP contribution in [-0.2, 0) is 35.9 Å². The van der Waals surface area contributed by atoms with Crippen LogP contribution in [0.5, 0.6) is 0 Å². The standard InChI is InChI=1S/C30H34N2O7S2/c1-28(2,19-33)18-32-25-15-13-21(41(37,38)39)17-23(25)30(5,6)27(32)11-9-7-8-10-26-29(3,4)22-16-20(40(34,35)36)12-14-24(22)31-26/h7-17,19H,18H2,1-6H3,(H2,34,35,36,37,38,39)/p+1. The molecule has 0 atom stereocenters. The zero-order valence-electron chi connectivity index (χ0n) is 23.8. The number of fused-ring (bicyclic) bond motifs is 2. The first-order chi connectivity index (χ1) is 18.8. The van der Waals surface area contributed by atoms with E-state index < -0.39 is 36.5 Å². The minimum absolute atomic E-state index is 0.158. The van der Waals surface area contributed by atoms with Crippen LogP contribution in [0.3, 0.4) is 0 Å². The molecule has 3 N–H and O–H groups in total. The molecule has 0 saturated heterocycles. The van der Waals surface area contributed by atoms with E-state index in [1.807, 2.05) is 76.5 Å². The molecule has 0 amide bonds. The highest BCUT2D eigenvalue weighted by molar-refractivity contribution is 7.86. The van der Waals surface area contributed by atoms with Crippen LogP contribution in [-0.4, -0.2) is 49.1 Å². The number of benzene rings is 2. The second kappa shape index (κ2) is 10.2. The fraction of sp³-hybridized carbons (Fsp3) is 0.333. The highest BCUT2D eigenvalue weighted by Gasteiger charge is 2.46. The molecule has 0 bridgehead atoms. The van der Waals surface area contributed by atoms with Gasteiger partial charge in [-0.25, -0.2) is 0 Å². The van der Waals surface area contributed by atoms with Crippen molar-refractivity contribution in [2.24, 2.45) is 5.41 Å². The largest absolute Gasteiger partial charge is 0.358 e. The van der Waals surface area contributed by atoms with Crippen LogP contribution >= 0.6 is 0 Å². The topological polar surface area (TPSA) is 141 Å². The number of rotatable bonds is 8. The summed E-state index contributed by atoms with van der Waals surface area (Å²) in [6, 6.07) is 8.95. The zero-order chi connectivity index (χ0) is 30.6. The van der Waals surface area contributed by atoms with E-state index in [9.17, 15) is 30.7 Å². The minimum atomic E-state index is -4.39. The quantitative estimate of drug-likeness (QED) is 0.163. The fourth-order valence-corrected chi connectivity index (χ4v) is 6.31. The van der Waals surface area contributed by atoms with Gasteiger partial charge >= 0.3 is 0 Å². The maximum atomic E-state index is 11.8. The Bertz CT molecular complexity index is 1780. The molecule has 218 valence electrons. The van der Waals surface area contributed by atoms with E-state index in [1.165, 1.54) is 24.3 Å². The van der Waals surface area contributed by atoms with E-state index in [1.54, 1.807) is 12.1 Å². The number of aldehydes is 1. The summed E-state index contributed by atoms with van der Waals surface area (Å²) in [4.78, 5) is 11.4. The van der Waals surface area contributed by atoms with Crippen molar-refractivity contribution in [3.63, 3.8) is 0 Å². The Balaban J connectivity index is 1.67. The van der Waals surface area contributed by atoms with Gasteiger partial charge in [0.25, 0.3) is 20.2 Å². The third-order valence-electron chi connectivity index (χ3n) is 7.69. The molecule has 0 spiro atoms. The van der Waals surface area contributed by atoms with Gasteiger partial charge in [-0.2, -0.15) is 21.4 Å². The zero-order valence-corrected chi connectivity index (χ0v) is 25.5. The normalized spacial score (nSPS) is 19.2. The first-order valence-corrected chi connectivity index (χ1v) is 15.8. The van der Waals surface area contributed by atoms with Gasteiger partial charge in [0.1, 0.15) is 6.29 Å². The summed E-state index contributed by atoms with van der Waals surface area (Å²) in [5, 5.41) is 3.31. The molecular weight excluding hydrogens is 564 g/mol. The summed E-state index contributed by atoms with van der Waals surface area (Å²) >= 11 is 0. The second-order valence-corrected chi connectivity index (χ2v) is 15.0. The van der Waals surface area contributed by atoms with Crippen LogP contribution in [0.1, 0.15) is 52.7 Å². The fourth-order valence-electron chi connectivity index (χ4n) is 5.30. The predicted molar refractivity (Wildman–Crippen MR) is 158 cm³/mol. The lowest BCUT2D eigenvalue weighted by Crippen LogP contribution is -2.32. The second-order valence-electron chi connectivity index (χ2n) is 12.1. The number of nitrogens with one attached hydrogen (secondary N) is 1. The van der Waals surface area contributed by atoms with Crippen molar-refractivity contribution in [3.8, 4) is 0 Å². The first kappa shape index (κ1) is 30.6. The van der Waals surface area contributed by atoms with Crippen molar-refractivity contribution < 1.29 is 35.3 Å². The molecule has 0 saturated carbocycles. The highest BCUT2D eigenvalue weighted by Crippen LogP contribution is 2.44. The van der Waals surface area contributed by atoms with Gasteiger partial charge in [0, 0.05) is 34.5 Å². The average Bonchev–Trinajstić information content (AvgIpc) is 3.23. The first-order valence-electron chi connectivity index (χ1n) is 13.0. The van der Waals surface area contributed by atoms with Gasteiger partial charge in [-0.3, -0.25) is 9.11 Å². The lowest BCUT2D eigenvalue weighted by Gasteiger charge is -2.20. The van der Waals surface area contributed by atoms with Crippen LogP contribution in [0.4, 0.5) is 11.4 Å². The van der Waals surface area contributed by atoms with Gasteiger partial charge in [0.15, 0.2) is 12.3 Å². The molecule has 0 radical (unpaired) electrons. The molecule has 2 heterocycles. The highest BCUT2D eigenvalue weighted by atomic mass is 32.2. The van der Waals surface area contributed by atoms with Crippen LogP contribution < -0.4 is 5.32 Å². The number of hydrogen-bond acceptors (Lipinski definition) is 6. The van der Waals surface area contributed by atoms with Gasteiger partial charge in [-0.1, -0.05) is 32.1 Å². The number of carbonyl (C=O) groups is 1. The molecule has 2 aromatic carbocycles. The molecule has 2 aliphatic rings. The van der Waals surface area contributed by atoms with Crippen molar-refractivity contribution in [3.05, 3.63) is 83.6 Å². The monoisotopic (exact) mass is 599 g/mol. The third-order valence-corrected chi connectivity index (χ3v) is 9.39. The molecule has 11 heteroatoms. The smallest absolute Gasteiger partial charge is 0.294 e. The van der Waals surface area contributed by atoms with Gasteiger partial charge in [0.05, 0.1) is 20.6 Å². The van der Waals surface area contributed by atoms with E-state index in [0.29, 0.717) is 6.54 Å². The Labute approximate surface area is 241 Å². The summed E-state index contributed by atoms with van der Waals surface area (Å²) in [5.74, 6) is 0. The molecule has 4 rings (SSSR count). The molecule has 0 unspecified atom stereocenters. The van der Waals surface area contributed by atoms with Crippen LogP contribution in [0.15, 0.2) is 82.3 Å². The number of anilines is 1.